The molecule has 1 fully saturated rings. The maximum absolute atomic E-state index is 11.7. The number of aromatic nitrogens is 2. The van der Waals surface area contributed by atoms with Gasteiger partial charge < -0.3 is 5.32 Å². The topological polar surface area (TPSA) is 46.9 Å². The molecule has 1 aromatic rings. The smallest absolute Gasteiger partial charge is 0.220 e. The van der Waals surface area contributed by atoms with Crippen LogP contribution >= 0.6 is 0 Å². The quantitative estimate of drug-likeness (QED) is 0.769. The third-order valence-corrected chi connectivity index (χ3v) is 3.95. The standard InChI is InChI=1S/C15H25N3O/c19-15(9-8-14-6-2-1-3-7-14)16-10-4-12-18-13-5-11-17-18/h5,11,13-14H,1-4,6-10,12H2,(H,16,19). The van der Waals surface area contributed by atoms with Gasteiger partial charge in [0.2, 0.25) is 5.91 Å². The summed E-state index contributed by atoms with van der Waals surface area (Å²) in [4.78, 5) is 11.7. The van der Waals surface area contributed by atoms with E-state index in [0.717, 1.165) is 31.8 Å². The van der Waals surface area contributed by atoms with Crippen LogP contribution in [0.2, 0.25) is 0 Å². The number of nitrogens with zero attached hydrogens (tertiary/aromatic N) is 2. The van der Waals surface area contributed by atoms with E-state index in [1.54, 1.807) is 6.20 Å². The molecule has 0 aromatic carbocycles. The van der Waals surface area contributed by atoms with Gasteiger partial charge in [0.25, 0.3) is 0 Å². The molecule has 1 aliphatic carbocycles. The average Bonchev–Trinajstić information content (AvgIpc) is 2.96. The Labute approximate surface area is 115 Å². The molecule has 0 spiro atoms. The Bertz CT molecular complexity index is 355. The molecule has 4 heteroatoms. The number of rotatable bonds is 7. The molecule has 106 valence electrons. The summed E-state index contributed by atoms with van der Waals surface area (Å²) < 4.78 is 1.90. The Hall–Kier alpha value is -1.32. The van der Waals surface area contributed by atoms with Gasteiger partial charge in [-0.1, -0.05) is 32.1 Å². The maximum atomic E-state index is 11.7. The van der Waals surface area contributed by atoms with Crippen molar-refractivity contribution < 1.29 is 4.79 Å². The van der Waals surface area contributed by atoms with Crippen molar-refractivity contribution in [2.45, 2.75) is 57.9 Å². The fraction of sp³-hybridized carbons (Fsp3) is 0.733. The largest absolute Gasteiger partial charge is 0.356 e. The maximum Gasteiger partial charge on any atom is 0.220 e. The predicted molar refractivity (Wildman–Crippen MR) is 75.7 cm³/mol. The van der Waals surface area contributed by atoms with E-state index >= 15 is 0 Å². The van der Waals surface area contributed by atoms with Crippen LogP contribution in [0.15, 0.2) is 18.5 Å². The molecule has 1 heterocycles. The highest BCUT2D eigenvalue weighted by Gasteiger charge is 2.14. The van der Waals surface area contributed by atoms with Gasteiger partial charge in [0.1, 0.15) is 0 Å². The molecule has 1 amide bonds. The zero-order valence-corrected chi connectivity index (χ0v) is 11.7. The molecule has 19 heavy (non-hydrogen) atoms. The first-order chi connectivity index (χ1) is 9.34. The molecular formula is C15H25N3O. The summed E-state index contributed by atoms with van der Waals surface area (Å²) in [5, 5.41) is 7.14. The zero-order valence-electron chi connectivity index (χ0n) is 11.7. The summed E-state index contributed by atoms with van der Waals surface area (Å²) in [6, 6.07) is 1.92. The first-order valence-electron chi connectivity index (χ1n) is 7.59. The minimum atomic E-state index is 0.214. The van der Waals surface area contributed by atoms with Crippen LogP contribution in [0.3, 0.4) is 0 Å². The normalized spacial score (nSPS) is 16.4. The zero-order chi connectivity index (χ0) is 13.3. The number of carbonyl (C=O) groups excluding carboxylic acids is 1. The number of aryl methyl sites for hydroxylation is 1. The lowest BCUT2D eigenvalue weighted by Crippen LogP contribution is -2.25. The molecule has 1 aliphatic rings. The molecule has 1 saturated carbocycles. The minimum absolute atomic E-state index is 0.214. The van der Waals surface area contributed by atoms with E-state index in [4.69, 9.17) is 0 Å². The Morgan fingerprint density at radius 1 is 1.32 bits per heavy atom. The van der Waals surface area contributed by atoms with Crippen molar-refractivity contribution in [3.05, 3.63) is 18.5 Å². The van der Waals surface area contributed by atoms with Crippen molar-refractivity contribution in [3.8, 4) is 0 Å². The number of hydrogen-bond donors (Lipinski definition) is 1. The summed E-state index contributed by atoms with van der Waals surface area (Å²) in [6.07, 6.45) is 13.2. The van der Waals surface area contributed by atoms with Crippen LogP contribution in [0.5, 0.6) is 0 Å². The van der Waals surface area contributed by atoms with Crippen molar-refractivity contribution in [3.63, 3.8) is 0 Å². The molecule has 0 aliphatic heterocycles. The summed E-state index contributed by atoms with van der Waals surface area (Å²) in [5.74, 6) is 1.01. The van der Waals surface area contributed by atoms with Crippen molar-refractivity contribution in [2.75, 3.05) is 6.54 Å². The monoisotopic (exact) mass is 263 g/mol. The second-order valence-electron chi connectivity index (χ2n) is 5.52. The molecule has 0 atom stereocenters. The Morgan fingerprint density at radius 2 is 2.16 bits per heavy atom. The Morgan fingerprint density at radius 3 is 2.89 bits per heavy atom. The summed E-state index contributed by atoms with van der Waals surface area (Å²) >= 11 is 0. The lowest BCUT2D eigenvalue weighted by atomic mass is 9.86. The fourth-order valence-corrected chi connectivity index (χ4v) is 2.80. The van der Waals surface area contributed by atoms with E-state index in [1.807, 2.05) is 16.9 Å². The second-order valence-corrected chi connectivity index (χ2v) is 5.52. The highest BCUT2D eigenvalue weighted by molar-refractivity contribution is 5.75. The van der Waals surface area contributed by atoms with Crippen LogP contribution < -0.4 is 5.32 Å². The molecule has 2 rings (SSSR count). The van der Waals surface area contributed by atoms with E-state index in [9.17, 15) is 4.79 Å². The van der Waals surface area contributed by atoms with Crippen molar-refractivity contribution in [1.29, 1.82) is 0 Å². The SMILES string of the molecule is O=C(CCC1CCCCC1)NCCCn1cccn1. The van der Waals surface area contributed by atoms with Gasteiger partial charge in [-0.25, -0.2) is 0 Å². The molecule has 0 radical (unpaired) electrons. The van der Waals surface area contributed by atoms with Gasteiger partial charge in [-0.2, -0.15) is 5.10 Å². The minimum Gasteiger partial charge on any atom is -0.356 e. The molecule has 1 N–H and O–H groups in total. The lowest BCUT2D eigenvalue weighted by molar-refractivity contribution is -0.121. The van der Waals surface area contributed by atoms with Crippen LogP contribution in [0.4, 0.5) is 0 Å². The third kappa shape index (κ3) is 5.45. The van der Waals surface area contributed by atoms with E-state index < -0.39 is 0 Å². The molecule has 4 nitrogen and oxygen atoms in total. The van der Waals surface area contributed by atoms with E-state index in [-0.39, 0.29) is 5.91 Å². The van der Waals surface area contributed by atoms with E-state index in [2.05, 4.69) is 10.4 Å². The summed E-state index contributed by atoms with van der Waals surface area (Å²) in [6.45, 7) is 1.62. The molecule has 0 saturated heterocycles. The van der Waals surface area contributed by atoms with Gasteiger partial charge in [0.05, 0.1) is 0 Å². The first kappa shape index (κ1) is 14.1. The molecule has 0 unspecified atom stereocenters. The predicted octanol–water partition coefficient (Wildman–Crippen LogP) is 2.75. The number of hydrogen-bond acceptors (Lipinski definition) is 2. The number of nitrogens with one attached hydrogen (secondary N) is 1. The van der Waals surface area contributed by atoms with Gasteiger partial charge in [-0.3, -0.25) is 9.48 Å². The van der Waals surface area contributed by atoms with Gasteiger partial charge in [-0.15, -0.1) is 0 Å². The Balaban J connectivity index is 1.49. The van der Waals surface area contributed by atoms with Crippen LogP contribution in [0, 0.1) is 5.92 Å². The summed E-state index contributed by atoms with van der Waals surface area (Å²) in [7, 11) is 0. The van der Waals surface area contributed by atoms with Crippen LogP contribution in [0.25, 0.3) is 0 Å². The highest BCUT2D eigenvalue weighted by Crippen LogP contribution is 2.27. The van der Waals surface area contributed by atoms with Crippen molar-refractivity contribution in [1.82, 2.24) is 15.1 Å². The first-order valence-corrected chi connectivity index (χ1v) is 7.59. The molecule has 1 aromatic heterocycles. The van der Waals surface area contributed by atoms with Gasteiger partial charge >= 0.3 is 0 Å². The van der Waals surface area contributed by atoms with Crippen LogP contribution in [-0.2, 0) is 11.3 Å². The number of amides is 1. The molecular weight excluding hydrogens is 238 g/mol. The van der Waals surface area contributed by atoms with Crippen molar-refractivity contribution in [2.24, 2.45) is 5.92 Å². The summed E-state index contributed by atoms with van der Waals surface area (Å²) in [5.41, 5.74) is 0. The third-order valence-electron chi connectivity index (χ3n) is 3.95. The number of carbonyl (C=O) groups is 1. The highest BCUT2D eigenvalue weighted by atomic mass is 16.1. The van der Waals surface area contributed by atoms with Gasteiger partial charge in [0.15, 0.2) is 0 Å². The Kier molecular flexibility index (Phi) is 5.92. The average molecular weight is 263 g/mol. The second kappa shape index (κ2) is 7.97. The van der Waals surface area contributed by atoms with Gasteiger partial charge in [-0.05, 0) is 24.8 Å². The molecule has 0 bridgehead atoms. The van der Waals surface area contributed by atoms with E-state index in [0.29, 0.717) is 6.42 Å². The fourth-order valence-electron chi connectivity index (χ4n) is 2.80. The lowest BCUT2D eigenvalue weighted by Gasteiger charge is -2.20. The van der Waals surface area contributed by atoms with Crippen LogP contribution in [-0.4, -0.2) is 22.2 Å². The van der Waals surface area contributed by atoms with Crippen LogP contribution in [0.1, 0.15) is 51.4 Å². The van der Waals surface area contributed by atoms with E-state index in [1.165, 1.54) is 32.1 Å². The van der Waals surface area contributed by atoms with Crippen molar-refractivity contribution >= 4 is 5.91 Å². The van der Waals surface area contributed by atoms with Gasteiger partial charge in [0, 0.05) is 31.9 Å².